The molecule has 2 N–H and O–H groups in total. The second kappa shape index (κ2) is 5.18. The van der Waals surface area contributed by atoms with Crippen LogP contribution in [-0.4, -0.2) is 27.5 Å². The summed E-state index contributed by atoms with van der Waals surface area (Å²) in [5.74, 6) is 1.37. The minimum absolute atomic E-state index is 0.335. The van der Waals surface area contributed by atoms with E-state index >= 15 is 0 Å². The molecule has 2 rings (SSSR count). The van der Waals surface area contributed by atoms with E-state index in [9.17, 15) is 0 Å². The molecule has 1 fully saturated rings. The van der Waals surface area contributed by atoms with E-state index in [2.05, 4.69) is 28.7 Å². The highest BCUT2D eigenvalue weighted by Gasteiger charge is 2.29. The maximum atomic E-state index is 5.67. The van der Waals surface area contributed by atoms with Crippen molar-refractivity contribution in [1.29, 1.82) is 0 Å². The zero-order valence-electron chi connectivity index (χ0n) is 11.2. The quantitative estimate of drug-likeness (QED) is 0.847. The Bertz CT molecular complexity index is 458. The predicted octanol–water partition coefficient (Wildman–Crippen LogP) is 2.04. The van der Waals surface area contributed by atoms with E-state index in [0.29, 0.717) is 22.6 Å². The van der Waals surface area contributed by atoms with Gasteiger partial charge in [0.25, 0.3) is 0 Å². The molecule has 1 unspecified atom stereocenters. The molecule has 1 aliphatic rings. The topological polar surface area (TPSA) is 55.0 Å². The van der Waals surface area contributed by atoms with E-state index in [1.807, 2.05) is 13.0 Å². The summed E-state index contributed by atoms with van der Waals surface area (Å²) in [5, 5.41) is 0. The summed E-state index contributed by atoms with van der Waals surface area (Å²) in [7, 11) is 0. The van der Waals surface area contributed by atoms with Crippen LogP contribution in [0.25, 0.3) is 0 Å². The third-order valence-electron chi connectivity index (χ3n) is 3.42. The first-order chi connectivity index (χ1) is 8.49. The average Bonchev–Trinajstić information content (AvgIpc) is 2.76. The van der Waals surface area contributed by atoms with Crippen molar-refractivity contribution in [2.75, 3.05) is 11.4 Å². The van der Waals surface area contributed by atoms with Crippen LogP contribution in [0.5, 0.6) is 0 Å². The number of nitrogens with zero attached hydrogens (tertiary/aromatic N) is 3. The van der Waals surface area contributed by atoms with Gasteiger partial charge in [0, 0.05) is 18.3 Å². The van der Waals surface area contributed by atoms with E-state index in [1.54, 1.807) is 0 Å². The number of hydrogen-bond acceptors (Lipinski definition) is 4. The molecule has 0 spiro atoms. The van der Waals surface area contributed by atoms with E-state index < -0.39 is 0 Å². The monoisotopic (exact) mass is 264 g/mol. The maximum absolute atomic E-state index is 5.67. The molecule has 0 radical (unpaired) electrons. The Labute approximate surface area is 114 Å². The van der Waals surface area contributed by atoms with Gasteiger partial charge in [-0.25, -0.2) is 9.97 Å². The molecule has 18 heavy (non-hydrogen) atoms. The molecule has 1 aliphatic heterocycles. The molecule has 0 aromatic carbocycles. The van der Waals surface area contributed by atoms with E-state index in [-0.39, 0.29) is 0 Å². The number of thiocarbonyl (C=S) groups is 1. The Morgan fingerprint density at radius 3 is 2.83 bits per heavy atom. The predicted molar refractivity (Wildman–Crippen MR) is 77.9 cm³/mol. The van der Waals surface area contributed by atoms with Crippen molar-refractivity contribution in [3.8, 4) is 0 Å². The largest absolute Gasteiger partial charge is 0.388 e. The van der Waals surface area contributed by atoms with Crippen molar-refractivity contribution >= 4 is 23.2 Å². The number of hydrogen-bond donors (Lipinski definition) is 1. The standard InChI is InChI=1S/C13H20N4S/c1-8(2)11-5-4-6-17(11)13-15-9(3)7-10(16-13)12(14)18/h7-8,11H,4-6H2,1-3H3,(H2,14,18). The summed E-state index contributed by atoms with van der Waals surface area (Å²) in [6.07, 6.45) is 2.40. The van der Waals surface area contributed by atoms with Crippen LogP contribution in [0.3, 0.4) is 0 Å². The van der Waals surface area contributed by atoms with Crippen LogP contribution in [0.1, 0.15) is 38.1 Å². The Kier molecular flexibility index (Phi) is 3.80. The first-order valence-electron chi connectivity index (χ1n) is 6.41. The molecule has 1 aromatic heterocycles. The second-order valence-electron chi connectivity index (χ2n) is 5.21. The molecule has 4 nitrogen and oxygen atoms in total. The summed E-state index contributed by atoms with van der Waals surface area (Å²) < 4.78 is 0. The van der Waals surface area contributed by atoms with Crippen molar-refractivity contribution in [3.63, 3.8) is 0 Å². The number of aromatic nitrogens is 2. The van der Waals surface area contributed by atoms with E-state index in [1.165, 1.54) is 12.8 Å². The van der Waals surface area contributed by atoms with Gasteiger partial charge in [0.05, 0.1) is 0 Å². The lowest BCUT2D eigenvalue weighted by Gasteiger charge is -2.28. The Morgan fingerprint density at radius 1 is 1.50 bits per heavy atom. The second-order valence-corrected chi connectivity index (χ2v) is 5.65. The van der Waals surface area contributed by atoms with Crippen LogP contribution >= 0.6 is 12.2 Å². The first kappa shape index (κ1) is 13.2. The fourth-order valence-corrected chi connectivity index (χ4v) is 2.65. The van der Waals surface area contributed by atoms with E-state index in [0.717, 1.165) is 18.2 Å². The van der Waals surface area contributed by atoms with Crippen molar-refractivity contribution in [2.45, 2.75) is 39.7 Å². The first-order valence-corrected chi connectivity index (χ1v) is 6.82. The van der Waals surface area contributed by atoms with Gasteiger partial charge >= 0.3 is 0 Å². The number of anilines is 1. The highest BCUT2D eigenvalue weighted by Crippen LogP contribution is 2.27. The summed E-state index contributed by atoms with van der Waals surface area (Å²) >= 11 is 5.01. The van der Waals surface area contributed by atoms with Gasteiger partial charge in [0.2, 0.25) is 5.95 Å². The molecule has 98 valence electrons. The van der Waals surface area contributed by atoms with Crippen molar-refractivity contribution in [2.24, 2.45) is 11.7 Å². The summed E-state index contributed by atoms with van der Waals surface area (Å²) in [5.41, 5.74) is 7.25. The number of nitrogens with two attached hydrogens (primary N) is 1. The SMILES string of the molecule is Cc1cc(C(N)=S)nc(N2CCCC2C(C)C)n1. The zero-order valence-corrected chi connectivity index (χ0v) is 12.0. The van der Waals surface area contributed by atoms with Crippen molar-refractivity contribution < 1.29 is 0 Å². The van der Waals surface area contributed by atoms with Crippen LogP contribution in [0.4, 0.5) is 5.95 Å². The summed E-state index contributed by atoms with van der Waals surface area (Å²) in [4.78, 5) is 11.7. The minimum atomic E-state index is 0.335. The average molecular weight is 264 g/mol. The molecule has 0 bridgehead atoms. The number of rotatable bonds is 3. The molecule has 1 saturated heterocycles. The smallest absolute Gasteiger partial charge is 0.226 e. The van der Waals surface area contributed by atoms with Crippen LogP contribution < -0.4 is 10.6 Å². The van der Waals surface area contributed by atoms with Gasteiger partial charge in [0.1, 0.15) is 10.7 Å². The van der Waals surface area contributed by atoms with Crippen molar-refractivity contribution in [3.05, 3.63) is 17.5 Å². The molecular weight excluding hydrogens is 244 g/mol. The summed E-state index contributed by atoms with van der Waals surface area (Å²) in [6.45, 7) is 7.46. The lowest BCUT2D eigenvalue weighted by atomic mass is 10.0. The van der Waals surface area contributed by atoms with Crippen LogP contribution in [-0.2, 0) is 0 Å². The zero-order chi connectivity index (χ0) is 13.3. The lowest BCUT2D eigenvalue weighted by Crippen LogP contribution is -2.35. The normalized spacial score (nSPS) is 19.6. The Morgan fingerprint density at radius 2 is 2.22 bits per heavy atom. The van der Waals surface area contributed by atoms with Crippen molar-refractivity contribution in [1.82, 2.24) is 9.97 Å². The molecule has 5 heteroatoms. The van der Waals surface area contributed by atoms with Crippen LogP contribution in [0.15, 0.2) is 6.07 Å². The van der Waals surface area contributed by atoms with Gasteiger partial charge in [-0.2, -0.15) is 0 Å². The lowest BCUT2D eigenvalue weighted by molar-refractivity contribution is 0.486. The van der Waals surface area contributed by atoms with Gasteiger partial charge in [-0.05, 0) is 31.7 Å². The minimum Gasteiger partial charge on any atom is -0.388 e. The molecule has 1 aromatic rings. The van der Waals surface area contributed by atoms with Gasteiger partial charge in [0.15, 0.2) is 0 Å². The molecule has 1 atom stereocenters. The molecule has 2 heterocycles. The van der Waals surface area contributed by atoms with Gasteiger partial charge < -0.3 is 10.6 Å². The van der Waals surface area contributed by atoms with Crippen LogP contribution in [0.2, 0.25) is 0 Å². The fourth-order valence-electron chi connectivity index (χ4n) is 2.54. The third-order valence-corrected chi connectivity index (χ3v) is 3.63. The fraction of sp³-hybridized carbons (Fsp3) is 0.615. The van der Waals surface area contributed by atoms with Crippen LogP contribution in [0, 0.1) is 12.8 Å². The molecule has 0 amide bonds. The molecule has 0 aliphatic carbocycles. The maximum Gasteiger partial charge on any atom is 0.226 e. The van der Waals surface area contributed by atoms with Gasteiger partial charge in [-0.3, -0.25) is 0 Å². The number of aryl methyl sites for hydroxylation is 1. The van der Waals surface area contributed by atoms with Gasteiger partial charge in [-0.1, -0.05) is 26.1 Å². The Hall–Kier alpha value is -1.23. The summed E-state index contributed by atoms with van der Waals surface area (Å²) in [6, 6.07) is 2.36. The molecular formula is C13H20N4S. The van der Waals surface area contributed by atoms with E-state index in [4.69, 9.17) is 18.0 Å². The van der Waals surface area contributed by atoms with Gasteiger partial charge in [-0.15, -0.1) is 0 Å². The Balaban J connectivity index is 2.35. The highest BCUT2D eigenvalue weighted by atomic mass is 32.1. The third kappa shape index (κ3) is 2.61. The highest BCUT2D eigenvalue weighted by molar-refractivity contribution is 7.80. The molecule has 0 saturated carbocycles.